The van der Waals surface area contributed by atoms with Gasteiger partial charge in [0.15, 0.2) is 0 Å². The van der Waals surface area contributed by atoms with E-state index in [9.17, 15) is 14.4 Å². The van der Waals surface area contributed by atoms with E-state index in [1.165, 1.54) is 0 Å². The van der Waals surface area contributed by atoms with Crippen LogP contribution in [0.1, 0.15) is 83.0 Å². The number of nitrogens with one attached hydrogen (secondary N) is 2. The maximum absolute atomic E-state index is 13.3. The van der Waals surface area contributed by atoms with E-state index >= 15 is 0 Å². The minimum Gasteiger partial charge on any atom is -0.444 e. The van der Waals surface area contributed by atoms with Crippen LogP contribution < -0.4 is 10.6 Å². The zero-order valence-electron chi connectivity index (χ0n) is 20.8. The van der Waals surface area contributed by atoms with Gasteiger partial charge in [-0.3, -0.25) is 9.59 Å². The van der Waals surface area contributed by atoms with E-state index in [4.69, 9.17) is 4.74 Å². The number of nitrogens with zero attached hydrogens (tertiary/aromatic N) is 1. The Hall–Kier alpha value is -2.57. The number of ether oxygens (including phenoxy) is 1. The molecule has 7 nitrogen and oxygen atoms in total. The SMILES string of the molecule is CCCCCNC(=O)C(c1cc(C)ccc1C)N(CCC)C(=O)CNC(=O)OC(C)(C)C. The van der Waals surface area contributed by atoms with Gasteiger partial charge in [-0.1, -0.05) is 50.5 Å². The van der Waals surface area contributed by atoms with Crippen molar-refractivity contribution < 1.29 is 19.1 Å². The van der Waals surface area contributed by atoms with Crippen molar-refractivity contribution in [1.82, 2.24) is 15.5 Å². The van der Waals surface area contributed by atoms with Gasteiger partial charge < -0.3 is 20.3 Å². The number of aryl methyl sites for hydroxylation is 2. The molecule has 0 bridgehead atoms. The minimum absolute atomic E-state index is 0.200. The summed E-state index contributed by atoms with van der Waals surface area (Å²) < 4.78 is 5.23. The predicted molar refractivity (Wildman–Crippen MR) is 127 cm³/mol. The van der Waals surface area contributed by atoms with E-state index in [1.54, 1.807) is 25.7 Å². The van der Waals surface area contributed by atoms with Crippen molar-refractivity contribution in [1.29, 1.82) is 0 Å². The van der Waals surface area contributed by atoms with E-state index in [0.717, 1.165) is 36.0 Å². The first-order valence-electron chi connectivity index (χ1n) is 11.6. The van der Waals surface area contributed by atoms with Crippen molar-refractivity contribution in [3.63, 3.8) is 0 Å². The molecule has 7 heteroatoms. The van der Waals surface area contributed by atoms with Gasteiger partial charge in [0.1, 0.15) is 18.2 Å². The zero-order valence-corrected chi connectivity index (χ0v) is 20.8. The molecule has 1 aromatic rings. The molecule has 2 N–H and O–H groups in total. The average Bonchev–Trinajstić information content (AvgIpc) is 2.70. The van der Waals surface area contributed by atoms with Gasteiger partial charge in [0.2, 0.25) is 11.8 Å². The third-order valence-electron chi connectivity index (χ3n) is 4.94. The Kier molecular flexibility index (Phi) is 11.2. The van der Waals surface area contributed by atoms with E-state index in [2.05, 4.69) is 17.6 Å². The van der Waals surface area contributed by atoms with Gasteiger partial charge in [-0.2, -0.15) is 0 Å². The Morgan fingerprint density at radius 3 is 2.31 bits per heavy atom. The summed E-state index contributed by atoms with van der Waals surface area (Å²) in [5.74, 6) is -0.527. The van der Waals surface area contributed by atoms with Crippen molar-refractivity contribution in [3.05, 3.63) is 34.9 Å². The van der Waals surface area contributed by atoms with Crippen molar-refractivity contribution >= 4 is 17.9 Å². The number of benzene rings is 1. The lowest BCUT2D eigenvalue weighted by atomic mass is 9.96. The molecule has 1 unspecified atom stereocenters. The fraction of sp³-hybridized carbons (Fsp3) is 0.640. The molecule has 32 heavy (non-hydrogen) atoms. The topological polar surface area (TPSA) is 87.7 Å². The summed E-state index contributed by atoms with van der Waals surface area (Å²) in [6, 6.07) is 5.16. The Labute approximate surface area is 193 Å². The molecule has 0 aliphatic carbocycles. The van der Waals surface area contributed by atoms with Crippen LogP contribution in [0.3, 0.4) is 0 Å². The van der Waals surface area contributed by atoms with E-state index in [0.29, 0.717) is 19.5 Å². The van der Waals surface area contributed by atoms with Crippen LogP contribution in [0.25, 0.3) is 0 Å². The Morgan fingerprint density at radius 1 is 1.03 bits per heavy atom. The van der Waals surface area contributed by atoms with Crippen LogP contribution in [0.4, 0.5) is 4.79 Å². The maximum atomic E-state index is 13.3. The molecule has 0 radical (unpaired) electrons. The lowest BCUT2D eigenvalue weighted by Crippen LogP contribution is -2.48. The Balaban J connectivity index is 3.14. The summed E-state index contributed by atoms with van der Waals surface area (Å²) >= 11 is 0. The number of rotatable bonds is 11. The molecule has 1 aromatic carbocycles. The van der Waals surface area contributed by atoms with Gasteiger partial charge >= 0.3 is 6.09 Å². The highest BCUT2D eigenvalue weighted by Gasteiger charge is 2.32. The third-order valence-corrected chi connectivity index (χ3v) is 4.94. The van der Waals surface area contributed by atoms with Gasteiger partial charge in [-0.15, -0.1) is 0 Å². The van der Waals surface area contributed by atoms with Gasteiger partial charge in [0, 0.05) is 13.1 Å². The summed E-state index contributed by atoms with van der Waals surface area (Å²) in [6.07, 6.45) is 3.01. The second kappa shape index (κ2) is 13.1. The van der Waals surface area contributed by atoms with Crippen LogP contribution in [0, 0.1) is 13.8 Å². The highest BCUT2D eigenvalue weighted by molar-refractivity contribution is 5.90. The second-order valence-corrected chi connectivity index (χ2v) is 9.20. The monoisotopic (exact) mass is 447 g/mol. The van der Waals surface area contributed by atoms with E-state index in [1.807, 2.05) is 39.0 Å². The molecule has 0 fully saturated rings. The number of amides is 3. The van der Waals surface area contributed by atoms with Gasteiger partial charge in [0.25, 0.3) is 0 Å². The predicted octanol–water partition coefficient (Wildman–Crippen LogP) is 4.41. The number of hydrogen-bond acceptors (Lipinski definition) is 4. The number of alkyl carbamates (subject to hydrolysis) is 1. The standard InChI is InChI=1S/C25H41N3O4/c1-8-10-11-14-26-23(30)22(20-16-18(3)12-13-19(20)4)28(15-9-2)21(29)17-27-24(31)32-25(5,6)7/h12-13,16,22H,8-11,14-15,17H2,1-7H3,(H,26,30)(H,27,31). The molecule has 0 saturated heterocycles. The first-order chi connectivity index (χ1) is 15.0. The molecule has 1 atom stereocenters. The van der Waals surface area contributed by atoms with Crippen LogP contribution in [-0.2, 0) is 14.3 Å². The molecule has 0 aromatic heterocycles. The summed E-state index contributed by atoms with van der Waals surface area (Å²) in [7, 11) is 0. The van der Waals surface area contributed by atoms with Crippen LogP contribution in [0.5, 0.6) is 0 Å². The summed E-state index contributed by atoms with van der Waals surface area (Å²) in [6.45, 7) is 14.0. The summed E-state index contributed by atoms with van der Waals surface area (Å²) in [5.41, 5.74) is 2.11. The van der Waals surface area contributed by atoms with Crippen LogP contribution in [0.15, 0.2) is 18.2 Å². The van der Waals surface area contributed by atoms with Crippen LogP contribution in [0.2, 0.25) is 0 Å². The fourth-order valence-corrected chi connectivity index (χ4v) is 3.39. The molecule has 0 saturated carbocycles. The number of carbonyl (C=O) groups excluding carboxylic acids is 3. The van der Waals surface area contributed by atoms with Gasteiger partial charge in [-0.05, 0) is 58.6 Å². The van der Waals surface area contributed by atoms with Crippen molar-refractivity contribution in [2.45, 2.75) is 85.8 Å². The molecule has 0 spiro atoms. The fourth-order valence-electron chi connectivity index (χ4n) is 3.39. The number of unbranched alkanes of at least 4 members (excludes halogenated alkanes) is 2. The van der Waals surface area contributed by atoms with Crippen molar-refractivity contribution in [3.8, 4) is 0 Å². The third kappa shape index (κ3) is 9.28. The molecule has 0 aliphatic heterocycles. The number of carbonyl (C=O) groups is 3. The zero-order chi connectivity index (χ0) is 24.3. The first kappa shape index (κ1) is 27.5. The minimum atomic E-state index is -0.760. The van der Waals surface area contributed by atoms with E-state index < -0.39 is 17.7 Å². The van der Waals surface area contributed by atoms with E-state index in [-0.39, 0.29) is 18.4 Å². The molecule has 180 valence electrons. The molecular weight excluding hydrogens is 406 g/mol. The normalized spacial score (nSPS) is 12.1. The highest BCUT2D eigenvalue weighted by atomic mass is 16.6. The summed E-state index contributed by atoms with van der Waals surface area (Å²) in [5, 5.41) is 5.53. The number of hydrogen-bond donors (Lipinski definition) is 2. The Morgan fingerprint density at radius 2 is 1.72 bits per heavy atom. The maximum Gasteiger partial charge on any atom is 0.408 e. The van der Waals surface area contributed by atoms with Crippen molar-refractivity contribution in [2.75, 3.05) is 19.6 Å². The Bertz CT molecular complexity index is 771. The largest absolute Gasteiger partial charge is 0.444 e. The second-order valence-electron chi connectivity index (χ2n) is 9.20. The average molecular weight is 448 g/mol. The highest BCUT2D eigenvalue weighted by Crippen LogP contribution is 2.26. The smallest absolute Gasteiger partial charge is 0.408 e. The molecule has 0 aliphatic rings. The molecule has 0 heterocycles. The lowest BCUT2D eigenvalue weighted by molar-refractivity contribution is -0.140. The van der Waals surface area contributed by atoms with Gasteiger partial charge in [0.05, 0.1) is 0 Å². The summed E-state index contributed by atoms with van der Waals surface area (Å²) in [4.78, 5) is 40.1. The van der Waals surface area contributed by atoms with Crippen LogP contribution >= 0.6 is 0 Å². The lowest BCUT2D eigenvalue weighted by Gasteiger charge is -2.32. The first-order valence-corrected chi connectivity index (χ1v) is 11.6. The van der Waals surface area contributed by atoms with Crippen molar-refractivity contribution in [2.24, 2.45) is 0 Å². The quantitative estimate of drug-likeness (QED) is 0.492. The van der Waals surface area contributed by atoms with Gasteiger partial charge in [-0.25, -0.2) is 4.79 Å². The molecule has 1 rings (SSSR count). The molecule has 3 amide bonds. The van der Waals surface area contributed by atoms with Crippen LogP contribution in [-0.4, -0.2) is 48.0 Å². The molecular formula is C25H41N3O4.